The number of para-hydroxylation sites is 1. The van der Waals surface area contributed by atoms with Crippen LogP contribution in [0.15, 0.2) is 81.9 Å². The van der Waals surface area contributed by atoms with Gasteiger partial charge in [-0.25, -0.2) is 0 Å². The highest BCUT2D eigenvalue weighted by Gasteiger charge is 2.16. The Morgan fingerprint density at radius 2 is 1.16 bits per heavy atom. The molecular formula is C23H33N5O3S. The molecule has 0 unspecified atom stereocenters. The second-order valence-corrected chi connectivity index (χ2v) is 7.25. The Hall–Kier alpha value is -3.43. The molecule has 7 N–H and O–H groups in total. The zero-order valence-corrected chi connectivity index (χ0v) is 20.0. The van der Waals surface area contributed by atoms with Crippen molar-refractivity contribution in [3.05, 3.63) is 72.3 Å². The summed E-state index contributed by atoms with van der Waals surface area (Å²) in [5, 5.41) is 7.84. The number of anilines is 3. The normalized spacial score (nSPS) is 10.1. The Morgan fingerprint density at radius 3 is 1.59 bits per heavy atom. The number of nitrogen functional groups attached to an aromatic ring is 3. The minimum atomic E-state index is -4.43. The van der Waals surface area contributed by atoms with Crippen LogP contribution >= 0.6 is 0 Å². The van der Waals surface area contributed by atoms with Crippen molar-refractivity contribution in [1.82, 2.24) is 0 Å². The van der Waals surface area contributed by atoms with Gasteiger partial charge in [0.15, 0.2) is 0 Å². The molecule has 0 radical (unpaired) electrons. The first-order valence-corrected chi connectivity index (χ1v) is 11.6. The molecule has 0 fully saturated rings. The van der Waals surface area contributed by atoms with Crippen LogP contribution in [0.2, 0.25) is 0 Å². The predicted molar refractivity (Wildman–Crippen MR) is 134 cm³/mol. The van der Waals surface area contributed by atoms with Gasteiger partial charge in [0.05, 0.1) is 5.69 Å². The summed E-state index contributed by atoms with van der Waals surface area (Å²) in [7, 11) is -4.43. The van der Waals surface area contributed by atoms with E-state index < -0.39 is 10.1 Å². The van der Waals surface area contributed by atoms with Crippen molar-refractivity contribution in [2.24, 2.45) is 10.2 Å². The number of rotatable bonds is 3. The molecule has 0 saturated carbocycles. The van der Waals surface area contributed by atoms with E-state index in [1.807, 2.05) is 58.0 Å². The molecule has 0 amide bonds. The first-order valence-electron chi connectivity index (χ1n) is 10.1. The summed E-state index contributed by atoms with van der Waals surface area (Å²) in [6.07, 6.45) is 0. The SMILES string of the molecule is CC.CC.Cc1cc(N)ccc1N=Nc1ccc(N)cc1S(=O)(=O)O.Nc1ccccc1. The molecule has 0 aliphatic carbocycles. The zero-order chi connectivity index (χ0) is 24.7. The fraction of sp³-hybridized carbons (Fsp3) is 0.217. The van der Waals surface area contributed by atoms with Crippen LogP contribution in [0.4, 0.5) is 28.4 Å². The molecular weight excluding hydrogens is 426 g/mol. The van der Waals surface area contributed by atoms with Gasteiger partial charge in [0.1, 0.15) is 10.6 Å². The van der Waals surface area contributed by atoms with Gasteiger partial charge in [-0.2, -0.15) is 13.5 Å². The molecule has 0 spiro atoms. The van der Waals surface area contributed by atoms with Crippen LogP contribution in [0.1, 0.15) is 33.3 Å². The van der Waals surface area contributed by atoms with E-state index in [1.165, 1.54) is 12.1 Å². The van der Waals surface area contributed by atoms with Crippen molar-refractivity contribution >= 4 is 38.6 Å². The lowest BCUT2D eigenvalue weighted by Crippen LogP contribution is -1.99. The summed E-state index contributed by atoms with van der Waals surface area (Å²) in [5.74, 6) is 0. The van der Waals surface area contributed by atoms with E-state index in [0.717, 1.165) is 17.3 Å². The lowest BCUT2D eigenvalue weighted by Gasteiger charge is -2.04. The Kier molecular flexibility index (Phi) is 13.0. The first-order chi connectivity index (χ1) is 15.2. The molecule has 0 atom stereocenters. The monoisotopic (exact) mass is 459 g/mol. The van der Waals surface area contributed by atoms with Gasteiger partial charge in [-0.15, -0.1) is 5.11 Å². The fourth-order valence-corrected chi connectivity index (χ4v) is 2.83. The maximum atomic E-state index is 11.3. The minimum absolute atomic E-state index is 0.00271. The van der Waals surface area contributed by atoms with Gasteiger partial charge in [-0.3, -0.25) is 4.55 Å². The Morgan fingerprint density at radius 1 is 0.688 bits per heavy atom. The standard InChI is InChI=1S/C13H14N4O3S.C6H7N.2C2H6/c1-8-6-9(14)2-4-11(8)16-17-12-5-3-10(15)7-13(12)21(18,19)20;7-6-4-2-1-3-5-6;2*1-2/h2-7H,14-15H2,1H3,(H,18,19,20);1-5H,7H2;2*1-2H3. The van der Waals surface area contributed by atoms with Gasteiger partial charge in [0.25, 0.3) is 10.1 Å². The van der Waals surface area contributed by atoms with E-state index in [2.05, 4.69) is 10.2 Å². The second-order valence-electron chi connectivity index (χ2n) is 5.86. The number of nitrogens with zero attached hydrogens (tertiary/aromatic N) is 2. The number of nitrogens with two attached hydrogens (primary N) is 3. The van der Waals surface area contributed by atoms with E-state index in [1.54, 1.807) is 25.1 Å². The lowest BCUT2D eigenvalue weighted by molar-refractivity contribution is 0.483. The largest absolute Gasteiger partial charge is 0.399 e. The Labute approximate surface area is 190 Å². The summed E-state index contributed by atoms with van der Waals surface area (Å²) in [6.45, 7) is 9.80. The highest BCUT2D eigenvalue weighted by molar-refractivity contribution is 7.86. The Bertz CT molecular complexity index is 1090. The molecule has 0 aliphatic heterocycles. The third kappa shape index (κ3) is 10.1. The van der Waals surface area contributed by atoms with Gasteiger partial charge >= 0.3 is 0 Å². The molecule has 8 nitrogen and oxygen atoms in total. The molecule has 3 aromatic carbocycles. The summed E-state index contributed by atoms with van der Waals surface area (Å²) in [4.78, 5) is -0.389. The molecule has 0 aliphatic rings. The number of azo groups is 1. The van der Waals surface area contributed by atoms with Crippen LogP contribution in [0, 0.1) is 6.92 Å². The topological polar surface area (TPSA) is 157 Å². The number of benzene rings is 3. The van der Waals surface area contributed by atoms with Crippen molar-refractivity contribution in [2.45, 2.75) is 39.5 Å². The molecule has 174 valence electrons. The average Bonchev–Trinajstić information content (AvgIpc) is 2.77. The molecule has 32 heavy (non-hydrogen) atoms. The smallest absolute Gasteiger partial charge is 0.296 e. The van der Waals surface area contributed by atoms with Crippen LogP contribution in [-0.4, -0.2) is 13.0 Å². The van der Waals surface area contributed by atoms with E-state index in [4.69, 9.17) is 17.2 Å². The first kappa shape index (κ1) is 28.6. The van der Waals surface area contributed by atoms with Crippen molar-refractivity contribution in [3.8, 4) is 0 Å². The lowest BCUT2D eigenvalue weighted by atomic mass is 10.2. The van der Waals surface area contributed by atoms with Gasteiger partial charge in [-0.05, 0) is 61.0 Å². The second kappa shape index (κ2) is 14.6. The quantitative estimate of drug-likeness (QED) is 0.209. The van der Waals surface area contributed by atoms with Crippen LogP contribution in [0.25, 0.3) is 0 Å². The number of hydrogen-bond acceptors (Lipinski definition) is 7. The Balaban J connectivity index is 0.000000727. The highest BCUT2D eigenvalue weighted by atomic mass is 32.2. The molecule has 3 rings (SSSR count). The molecule has 0 aromatic heterocycles. The maximum Gasteiger partial charge on any atom is 0.296 e. The maximum absolute atomic E-state index is 11.3. The van der Waals surface area contributed by atoms with Gasteiger partial charge in [-0.1, -0.05) is 45.9 Å². The van der Waals surface area contributed by atoms with Crippen LogP contribution in [-0.2, 0) is 10.1 Å². The van der Waals surface area contributed by atoms with Gasteiger partial charge in [0.2, 0.25) is 0 Å². The van der Waals surface area contributed by atoms with Crippen molar-refractivity contribution in [3.63, 3.8) is 0 Å². The fourth-order valence-electron chi connectivity index (χ4n) is 2.17. The predicted octanol–water partition coefficient (Wildman–Crippen LogP) is 6.14. The molecule has 0 heterocycles. The van der Waals surface area contributed by atoms with E-state index in [0.29, 0.717) is 11.4 Å². The van der Waals surface area contributed by atoms with Crippen molar-refractivity contribution < 1.29 is 13.0 Å². The summed E-state index contributed by atoms with van der Waals surface area (Å²) < 4.78 is 31.8. The van der Waals surface area contributed by atoms with Crippen LogP contribution in [0.5, 0.6) is 0 Å². The van der Waals surface area contributed by atoms with Gasteiger partial charge in [0, 0.05) is 17.1 Å². The minimum Gasteiger partial charge on any atom is -0.399 e. The van der Waals surface area contributed by atoms with E-state index in [-0.39, 0.29) is 16.3 Å². The van der Waals surface area contributed by atoms with E-state index >= 15 is 0 Å². The zero-order valence-electron chi connectivity index (χ0n) is 19.1. The summed E-state index contributed by atoms with van der Waals surface area (Å²) in [5.41, 5.74) is 19.5. The summed E-state index contributed by atoms with van der Waals surface area (Å²) in [6, 6.07) is 18.5. The molecule has 9 heteroatoms. The molecule has 0 bridgehead atoms. The van der Waals surface area contributed by atoms with Gasteiger partial charge < -0.3 is 17.2 Å². The highest BCUT2D eigenvalue weighted by Crippen LogP contribution is 2.29. The average molecular weight is 460 g/mol. The number of aryl methyl sites for hydroxylation is 1. The summed E-state index contributed by atoms with van der Waals surface area (Å²) >= 11 is 0. The van der Waals surface area contributed by atoms with Crippen molar-refractivity contribution in [1.29, 1.82) is 0 Å². The number of hydrogen-bond donors (Lipinski definition) is 4. The van der Waals surface area contributed by atoms with E-state index in [9.17, 15) is 13.0 Å². The van der Waals surface area contributed by atoms with Crippen molar-refractivity contribution in [2.75, 3.05) is 17.2 Å². The van der Waals surface area contributed by atoms with Crippen LogP contribution < -0.4 is 17.2 Å². The van der Waals surface area contributed by atoms with Crippen LogP contribution in [0.3, 0.4) is 0 Å². The molecule has 3 aromatic rings. The molecule has 0 saturated heterocycles. The third-order valence-corrected chi connectivity index (χ3v) is 4.43. The third-order valence-electron chi connectivity index (χ3n) is 3.55.